The molecule has 0 bridgehead atoms. The Morgan fingerprint density at radius 3 is 2.61 bits per heavy atom. The summed E-state index contributed by atoms with van der Waals surface area (Å²) in [6, 6.07) is 6.23. The van der Waals surface area contributed by atoms with Crippen LogP contribution in [0.4, 0.5) is 5.69 Å². The summed E-state index contributed by atoms with van der Waals surface area (Å²) in [5.74, 6) is -0.986. The van der Waals surface area contributed by atoms with Gasteiger partial charge in [-0.25, -0.2) is 9.78 Å². The Kier molecular flexibility index (Phi) is 3.33. The average Bonchev–Trinajstić information content (AvgIpc) is 2.36. The first-order valence-electron chi connectivity index (χ1n) is 4.92. The molecule has 0 saturated heterocycles. The third-order valence-corrected chi connectivity index (χ3v) is 3.19. The molecule has 6 nitrogen and oxygen atoms in total. The quantitative estimate of drug-likeness (QED) is 0.718. The van der Waals surface area contributed by atoms with Crippen LogP contribution in [0.15, 0.2) is 45.3 Å². The van der Waals surface area contributed by atoms with Gasteiger partial charge in [0.1, 0.15) is 10.7 Å². The van der Waals surface area contributed by atoms with Crippen LogP contribution in [-0.2, 0) is 0 Å². The van der Waals surface area contributed by atoms with Gasteiger partial charge in [0, 0.05) is 4.90 Å². The van der Waals surface area contributed by atoms with Gasteiger partial charge in [0.15, 0.2) is 0 Å². The molecule has 0 amide bonds. The molecule has 1 aromatic carbocycles. The van der Waals surface area contributed by atoms with Crippen molar-refractivity contribution in [3.63, 3.8) is 0 Å². The van der Waals surface area contributed by atoms with Crippen LogP contribution in [0, 0.1) is 0 Å². The maximum atomic E-state index is 11.3. The zero-order valence-electron chi connectivity index (χ0n) is 9.08. The molecule has 0 fully saturated rings. The van der Waals surface area contributed by atoms with Crippen LogP contribution in [0.25, 0.3) is 0 Å². The lowest BCUT2D eigenvalue weighted by molar-refractivity contribution is 0.0697. The zero-order valence-corrected chi connectivity index (χ0v) is 9.90. The number of benzene rings is 1. The maximum Gasteiger partial charge on any atom is 0.335 e. The van der Waals surface area contributed by atoms with Gasteiger partial charge in [-0.3, -0.25) is 4.79 Å². The van der Waals surface area contributed by atoms with E-state index in [-0.39, 0.29) is 11.3 Å². The van der Waals surface area contributed by atoms with Crippen molar-refractivity contribution in [2.45, 2.75) is 9.92 Å². The number of nitrogens with two attached hydrogens (primary N) is 1. The molecule has 7 heteroatoms. The van der Waals surface area contributed by atoms with E-state index in [4.69, 9.17) is 10.8 Å². The predicted molar refractivity (Wildman–Crippen MR) is 66.8 cm³/mol. The smallest absolute Gasteiger partial charge is 0.335 e. The van der Waals surface area contributed by atoms with E-state index < -0.39 is 11.5 Å². The summed E-state index contributed by atoms with van der Waals surface area (Å²) in [5, 5.41) is 9.15. The molecule has 0 saturated carbocycles. The summed E-state index contributed by atoms with van der Waals surface area (Å²) >= 11 is 1.20. The number of nitrogen functional groups attached to an aromatic ring is 1. The molecule has 0 aliphatic rings. The molecule has 0 unspecified atom stereocenters. The number of carboxylic acid groups (broad SMARTS) is 1. The number of aromatic nitrogens is 2. The summed E-state index contributed by atoms with van der Waals surface area (Å²) < 4.78 is 0. The van der Waals surface area contributed by atoms with Gasteiger partial charge in [-0.05, 0) is 24.3 Å². The Bertz CT molecular complexity index is 637. The molecule has 2 aromatic rings. The van der Waals surface area contributed by atoms with Crippen LogP contribution in [0.3, 0.4) is 0 Å². The second-order valence-electron chi connectivity index (χ2n) is 3.38. The fourth-order valence-corrected chi connectivity index (χ4v) is 2.06. The Morgan fingerprint density at radius 1 is 1.33 bits per heavy atom. The van der Waals surface area contributed by atoms with E-state index in [0.717, 1.165) is 4.90 Å². The van der Waals surface area contributed by atoms with Crippen molar-refractivity contribution in [2.75, 3.05) is 5.73 Å². The minimum absolute atomic E-state index is 0.0461. The SMILES string of the molecule is Nc1c(Sc2ccc(C(=O)O)cc2)nc[nH]c1=O. The number of carbonyl (C=O) groups is 1. The molecule has 1 heterocycles. The highest BCUT2D eigenvalue weighted by atomic mass is 32.2. The first-order chi connectivity index (χ1) is 8.58. The molecule has 0 aliphatic heterocycles. The lowest BCUT2D eigenvalue weighted by Crippen LogP contribution is -2.13. The van der Waals surface area contributed by atoms with Gasteiger partial charge in [-0.1, -0.05) is 11.8 Å². The van der Waals surface area contributed by atoms with E-state index in [1.165, 1.54) is 30.2 Å². The van der Waals surface area contributed by atoms with Crippen molar-refractivity contribution in [3.05, 3.63) is 46.5 Å². The van der Waals surface area contributed by atoms with Crippen molar-refractivity contribution >= 4 is 23.4 Å². The number of H-pyrrole nitrogens is 1. The molecule has 1 aromatic heterocycles. The van der Waals surface area contributed by atoms with Crippen molar-refractivity contribution in [3.8, 4) is 0 Å². The average molecular weight is 263 g/mol. The normalized spacial score (nSPS) is 10.2. The van der Waals surface area contributed by atoms with Gasteiger partial charge < -0.3 is 15.8 Å². The minimum atomic E-state index is -0.986. The summed E-state index contributed by atoms with van der Waals surface area (Å²) in [5.41, 5.74) is 5.44. The van der Waals surface area contributed by atoms with Crippen LogP contribution in [0.1, 0.15) is 10.4 Å². The largest absolute Gasteiger partial charge is 0.478 e. The van der Waals surface area contributed by atoms with Gasteiger partial charge >= 0.3 is 5.97 Å². The Labute approximate surface area is 106 Å². The van der Waals surface area contributed by atoms with Crippen molar-refractivity contribution in [1.82, 2.24) is 9.97 Å². The second-order valence-corrected chi connectivity index (χ2v) is 4.44. The summed E-state index contributed by atoms with van der Waals surface area (Å²) in [6.45, 7) is 0. The van der Waals surface area contributed by atoms with Crippen LogP contribution in [0.5, 0.6) is 0 Å². The monoisotopic (exact) mass is 263 g/mol. The lowest BCUT2D eigenvalue weighted by Gasteiger charge is -2.03. The molecule has 4 N–H and O–H groups in total. The van der Waals surface area contributed by atoms with Crippen molar-refractivity contribution < 1.29 is 9.90 Å². The molecular weight excluding hydrogens is 254 g/mol. The number of nitrogens with one attached hydrogen (secondary N) is 1. The second kappa shape index (κ2) is 4.92. The highest BCUT2D eigenvalue weighted by Gasteiger charge is 2.07. The predicted octanol–water partition coefficient (Wildman–Crippen LogP) is 1.20. The van der Waals surface area contributed by atoms with Gasteiger partial charge in [0.25, 0.3) is 5.56 Å². The maximum absolute atomic E-state index is 11.3. The van der Waals surface area contributed by atoms with E-state index in [2.05, 4.69) is 9.97 Å². The van der Waals surface area contributed by atoms with Crippen LogP contribution >= 0.6 is 11.8 Å². The first-order valence-corrected chi connectivity index (χ1v) is 5.74. The van der Waals surface area contributed by atoms with Gasteiger partial charge in [0.05, 0.1) is 11.9 Å². The molecule has 18 heavy (non-hydrogen) atoms. The highest BCUT2D eigenvalue weighted by Crippen LogP contribution is 2.28. The topological polar surface area (TPSA) is 109 Å². The fraction of sp³-hybridized carbons (Fsp3) is 0. The molecule has 0 spiro atoms. The number of hydrogen-bond donors (Lipinski definition) is 3. The zero-order chi connectivity index (χ0) is 13.1. The number of aromatic carboxylic acids is 1. The third-order valence-electron chi connectivity index (χ3n) is 2.17. The third kappa shape index (κ3) is 2.51. The number of carboxylic acids is 1. The minimum Gasteiger partial charge on any atom is -0.478 e. The van der Waals surface area contributed by atoms with Crippen LogP contribution in [-0.4, -0.2) is 21.0 Å². The van der Waals surface area contributed by atoms with Crippen LogP contribution < -0.4 is 11.3 Å². The lowest BCUT2D eigenvalue weighted by atomic mass is 10.2. The summed E-state index contributed by atoms with van der Waals surface area (Å²) in [7, 11) is 0. The highest BCUT2D eigenvalue weighted by molar-refractivity contribution is 7.99. The molecular formula is C11H9N3O3S. The Morgan fingerprint density at radius 2 is 2.00 bits per heavy atom. The summed E-state index contributed by atoms with van der Waals surface area (Å²) in [6.07, 6.45) is 1.27. The van der Waals surface area contributed by atoms with Crippen molar-refractivity contribution in [2.24, 2.45) is 0 Å². The van der Waals surface area contributed by atoms with E-state index >= 15 is 0 Å². The molecule has 2 rings (SSSR count). The van der Waals surface area contributed by atoms with E-state index in [1.54, 1.807) is 12.1 Å². The van der Waals surface area contributed by atoms with Gasteiger partial charge in [0.2, 0.25) is 0 Å². The van der Waals surface area contributed by atoms with Crippen LogP contribution in [0.2, 0.25) is 0 Å². The van der Waals surface area contributed by atoms with E-state index in [0.29, 0.717) is 5.03 Å². The summed E-state index contributed by atoms with van der Waals surface area (Å²) in [4.78, 5) is 29.0. The molecule has 92 valence electrons. The van der Waals surface area contributed by atoms with Gasteiger partial charge in [-0.15, -0.1) is 0 Å². The Balaban J connectivity index is 2.26. The first kappa shape index (κ1) is 12.2. The standard InChI is InChI=1S/C11H9N3O3S/c12-8-9(15)13-5-14-10(8)18-7-3-1-6(2-4-7)11(16)17/h1-5H,12H2,(H,16,17)(H,13,14,15). The van der Waals surface area contributed by atoms with Crippen molar-refractivity contribution in [1.29, 1.82) is 0 Å². The molecule has 0 atom stereocenters. The number of anilines is 1. The van der Waals surface area contributed by atoms with Gasteiger partial charge in [-0.2, -0.15) is 0 Å². The fourth-order valence-electron chi connectivity index (χ4n) is 1.25. The molecule has 0 aliphatic carbocycles. The Hall–Kier alpha value is -2.28. The number of rotatable bonds is 3. The van der Waals surface area contributed by atoms with E-state index in [1.807, 2.05) is 0 Å². The number of hydrogen-bond acceptors (Lipinski definition) is 5. The number of nitrogens with zero attached hydrogens (tertiary/aromatic N) is 1. The molecule has 0 radical (unpaired) electrons. The van der Waals surface area contributed by atoms with E-state index in [9.17, 15) is 9.59 Å². The number of aromatic amines is 1.